The first kappa shape index (κ1) is 54.0. The molecule has 0 atom stereocenters. The van der Waals surface area contributed by atoms with Gasteiger partial charge < -0.3 is 0 Å². The lowest BCUT2D eigenvalue weighted by atomic mass is 10.1. The topological polar surface area (TPSA) is 0 Å². The Hall–Kier alpha value is -0.780. The van der Waals surface area contributed by atoms with Gasteiger partial charge in [0.15, 0.2) is 0 Å². The minimum atomic E-state index is 1.32. The molecule has 0 spiro atoms. The molecule has 0 aliphatic heterocycles. The van der Waals surface area contributed by atoms with Gasteiger partial charge in [-0.05, 0) is 6.92 Å². The summed E-state index contributed by atoms with van der Waals surface area (Å²) in [6, 6.07) is 10.3. The van der Waals surface area contributed by atoms with E-state index in [1.54, 1.807) is 0 Å². The molecule has 0 N–H and O–H groups in total. The lowest BCUT2D eigenvalue weighted by Gasteiger charge is -1.98. The Morgan fingerprint density at radius 2 is 0.375 bits per heavy atom. The van der Waals surface area contributed by atoms with Crippen LogP contribution in [0.2, 0.25) is 0 Å². The van der Waals surface area contributed by atoms with Gasteiger partial charge in [0.2, 0.25) is 0 Å². The van der Waals surface area contributed by atoms with Crippen LogP contribution in [0.1, 0.15) is 273 Å². The van der Waals surface area contributed by atoms with Crippen LogP contribution in [0, 0.1) is 6.92 Å². The first-order valence-corrected chi connectivity index (χ1v) is 22.6. The number of benzene rings is 1. The molecule has 0 saturated carbocycles. The molecule has 0 nitrogen and oxygen atoms in total. The third-order valence-electron chi connectivity index (χ3n) is 9.02. The summed E-state index contributed by atoms with van der Waals surface area (Å²) in [7, 11) is 0. The van der Waals surface area contributed by atoms with Crippen LogP contribution in [0.5, 0.6) is 0 Å². The van der Waals surface area contributed by atoms with E-state index >= 15 is 0 Å². The van der Waals surface area contributed by atoms with Gasteiger partial charge in [0, 0.05) is 0 Å². The molecule has 0 saturated heterocycles. The van der Waals surface area contributed by atoms with Crippen molar-refractivity contribution in [1.82, 2.24) is 0 Å². The van der Waals surface area contributed by atoms with Crippen molar-refractivity contribution in [3.63, 3.8) is 0 Å². The molecule has 1 aromatic rings. The third kappa shape index (κ3) is 67.4. The van der Waals surface area contributed by atoms with E-state index in [2.05, 4.69) is 74.4 Å². The van der Waals surface area contributed by atoms with E-state index in [0.29, 0.717) is 0 Å². The molecule has 48 heavy (non-hydrogen) atoms. The first-order valence-electron chi connectivity index (χ1n) is 22.6. The van der Waals surface area contributed by atoms with Crippen molar-refractivity contribution in [3.05, 3.63) is 35.9 Å². The van der Waals surface area contributed by atoms with E-state index < -0.39 is 0 Å². The highest BCUT2D eigenvalue weighted by molar-refractivity contribution is 5.11. The Bertz CT molecular complexity index is 491. The zero-order valence-electron chi connectivity index (χ0n) is 35.7. The molecule has 1 rings (SSSR count). The maximum atomic E-state index is 2.27. The zero-order chi connectivity index (χ0) is 36.4. The standard InChI is InChI=1S/C11H24.3C10H22.C7H8/c1-3-5-7-9-11-10-8-6-4-2;3*1-3-5-7-9-10-8-6-4-2;1-7-5-3-2-4-6-7/h3-11H2,1-2H3;3*3-10H2,1-2H3;2-6H,1H3. The van der Waals surface area contributed by atoms with Gasteiger partial charge in [0.25, 0.3) is 0 Å². The van der Waals surface area contributed by atoms with Crippen LogP contribution in [0.15, 0.2) is 30.3 Å². The molecule has 0 bridgehead atoms. The molecule has 290 valence electrons. The van der Waals surface area contributed by atoms with Crippen LogP contribution in [-0.4, -0.2) is 0 Å². The summed E-state index contributed by atoms with van der Waals surface area (Å²) in [4.78, 5) is 0. The summed E-state index contributed by atoms with van der Waals surface area (Å²) in [5.41, 5.74) is 1.32. The molecule has 0 heteroatoms. The van der Waals surface area contributed by atoms with Gasteiger partial charge in [-0.3, -0.25) is 0 Å². The van der Waals surface area contributed by atoms with Crippen molar-refractivity contribution >= 4 is 0 Å². The highest BCUT2D eigenvalue weighted by atomic mass is 14.0. The molecule has 0 amide bonds. The fourth-order valence-electron chi connectivity index (χ4n) is 5.54. The maximum absolute atomic E-state index is 2.27. The summed E-state index contributed by atoms with van der Waals surface area (Å²) in [6.45, 7) is 20.3. The molecule has 0 fully saturated rings. The Balaban J connectivity index is -0.000000253. The monoisotopic (exact) mass is 675 g/mol. The van der Waals surface area contributed by atoms with E-state index in [0.717, 1.165) is 0 Å². The van der Waals surface area contributed by atoms with Gasteiger partial charge >= 0.3 is 0 Å². The van der Waals surface area contributed by atoms with Gasteiger partial charge in [0.1, 0.15) is 0 Å². The summed E-state index contributed by atoms with van der Waals surface area (Å²) >= 11 is 0. The van der Waals surface area contributed by atoms with Gasteiger partial charge in [-0.15, -0.1) is 0 Å². The largest absolute Gasteiger partial charge is 0.0654 e. The highest BCUT2D eigenvalue weighted by Crippen LogP contribution is 2.10. The number of hydrogen-bond acceptors (Lipinski definition) is 0. The fourth-order valence-corrected chi connectivity index (χ4v) is 5.54. The van der Waals surface area contributed by atoms with Gasteiger partial charge in [-0.25, -0.2) is 0 Å². The Morgan fingerprint density at radius 3 is 0.479 bits per heavy atom. The fraction of sp³-hybridized carbons (Fsp3) is 0.875. The molecular formula is C48H98. The van der Waals surface area contributed by atoms with Crippen molar-refractivity contribution in [3.8, 4) is 0 Å². The van der Waals surface area contributed by atoms with Crippen molar-refractivity contribution < 1.29 is 0 Å². The van der Waals surface area contributed by atoms with E-state index in [1.807, 2.05) is 18.2 Å². The van der Waals surface area contributed by atoms with Crippen LogP contribution < -0.4 is 0 Å². The van der Waals surface area contributed by atoms with Crippen molar-refractivity contribution in [1.29, 1.82) is 0 Å². The lowest BCUT2D eigenvalue weighted by Crippen LogP contribution is -1.79. The van der Waals surface area contributed by atoms with Crippen molar-refractivity contribution in [2.75, 3.05) is 0 Å². The quantitative estimate of drug-likeness (QED) is 0.0742. The first-order chi connectivity index (χ1) is 23.6. The predicted molar refractivity (Wildman–Crippen MR) is 229 cm³/mol. The number of rotatable bonds is 29. The molecule has 0 aliphatic rings. The van der Waals surface area contributed by atoms with Crippen LogP contribution in [-0.2, 0) is 0 Å². The summed E-state index contributed by atoms with van der Waals surface area (Å²) in [5.74, 6) is 0. The highest BCUT2D eigenvalue weighted by Gasteiger charge is 1.90. The number of unbranched alkanes of at least 4 members (excludes halogenated alkanes) is 29. The second kappa shape index (κ2) is 58.4. The molecular weight excluding hydrogens is 577 g/mol. The second-order valence-corrected chi connectivity index (χ2v) is 14.5. The molecule has 0 aliphatic carbocycles. The van der Waals surface area contributed by atoms with Crippen LogP contribution >= 0.6 is 0 Å². The van der Waals surface area contributed by atoms with Gasteiger partial charge in [-0.1, -0.05) is 303 Å². The zero-order valence-corrected chi connectivity index (χ0v) is 35.7. The lowest BCUT2D eigenvalue weighted by molar-refractivity contribution is 0.572. The summed E-state index contributed by atoms with van der Waals surface area (Å²) in [5, 5.41) is 0. The van der Waals surface area contributed by atoms with E-state index in [4.69, 9.17) is 0 Å². The molecule has 0 heterocycles. The molecule has 0 radical (unpaired) electrons. The normalized spacial score (nSPS) is 10.0. The predicted octanol–water partition coefficient (Wildman–Crippen LogP) is 19.0. The minimum absolute atomic E-state index is 1.32. The van der Waals surface area contributed by atoms with Gasteiger partial charge in [-0.2, -0.15) is 0 Å². The molecule has 0 unspecified atom stereocenters. The molecule has 1 aromatic carbocycles. The van der Waals surface area contributed by atoms with E-state index in [9.17, 15) is 0 Å². The summed E-state index contributed by atoms with van der Waals surface area (Å²) < 4.78 is 0. The smallest absolute Gasteiger partial charge is 0.0398 e. The maximum Gasteiger partial charge on any atom is -0.0398 e. The average Bonchev–Trinajstić information content (AvgIpc) is 3.11. The average molecular weight is 675 g/mol. The van der Waals surface area contributed by atoms with Crippen molar-refractivity contribution in [2.24, 2.45) is 0 Å². The van der Waals surface area contributed by atoms with Crippen LogP contribution in [0.25, 0.3) is 0 Å². The van der Waals surface area contributed by atoms with E-state index in [-0.39, 0.29) is 0 Å². The Morgan fingerprint density at radius 1 is 0.229 bits per heavy atom. The van der Waals surface area contributed by atoms with Crippen LogP contribution in [0.4, 0.5) is 0 Å². The van der Waals surface area contributed by atoms with Crippen molar-refractivity contribution in [2.45, 2.75) is 274 Å². The van der Waals surface area contributed by atoms with Gasteiger partial charge in [0.05, 0.1) is 0 Å². The number of aryl methyl sites for hydroxylation is 1. The second-order valence-electron chi connectivity index (χ2n) is 14.5. The SMILES string of the molecule is CCCCCCCCCC.CCCCCCCCCC.CCCCCCCCCC.CCCCCCCCCCC.Cc1ccccc1. The Labute approximate surface area is 309 Å². The molecule has 0 aromatic heterocycles. The third-order valence-corrected chi connectivity index (χ3v) is 9.02. The van der Waals surface area contributed by atoms with Crippen LogP contribution in [0.3, 0.4) is 0 Å². The Kier molecular flexibility index (Phi) is 65.7. The van der Waals surface area contributed by atoms with E-state index in [1.165, 1.54) is 217 Å². The minimum Gasteiger partial charge on any atom is -0.0654 e. The summed E-state index contributed by atoms with van der Waals surface area (Å²) in [6.07, 6.45) is 47.3. The number of hydrogen-bond donors (Lipinski definition) is 0.